The lowest BCUT2D eigenvalue weighted by Gasteiger charge is -2.33. The Morgan fingerprint density at radius 2 is 2.27 bits per heavy atom. The minimum Gasteiger partial charge on any atom is -0.370 e. The monoisotopic (exact) mass is 300 g/mol. The van der Waals surface area contributed by atoms with Gasteiger partial charge in [-0.2, -0.15) is 5.10 Å². The summed E-state index contributed by atoms with van der Waals surface area (Å²) in [5.41, 5.74) is 1.81. The lowest BCUT2D eigenvalue weighted by atomic mass is 10.1. The Morgan fingerprint density at radius 3 is 3.00 bits per heavy atom. The molecule has 0 radical (unpaired) electrons. The van der Waals surface area contributed by atoms with E-state index in [0.717, 1.165) is 11.3 Å². The SMILES string of the molecule is Cc1cc(C2CN(C(=O)c3ccc(=O)[nH]n3)CCO2)ccn1. The third-order valence-corrected chi connectivity index (χ3v) is 3.54. The van der Waals surface area contributed by atoms with E-state index in [1.807, 2.05) is 19.1 Å². The van der Waals surface area contributed by atoms with Gasteiger partial charge in [-0.25, -0.2) is 5.10 Å². The largest absolute Gasteiger partial charge is 0.370 e. The fourth-order valence-electron chi connectivity index (χ4n) is 2.43. The fourth-order valence-corrected chi connectivity index (χ4v) is 2.43. The molecule has 0 saturated carbocycles. The molecule has 1 aliphatic rings. The number of morpholine rings is 1. The van der Waals surface area contributed by atoms with Crippen LogP contribution < -0.4 is 5.56 Å². The van der Waals surface area contributed by atoms with Crippen molar-refractivity contribution in [1.29, 1.82) is 0 Å². The van der Waals surface area contributed by atoms with E-state index in [4.69, 9.17) is 4.74 Å². The molecule has 7 nitrogen and oxygen atoms in total. The molecular formula is C15H16N4O3. The number of nitrogens with zero attached hydrogens (tertiary/aromatic N) is 3. The quantitative estimate of drug-likeness (QED) is 0.881. The maximum atomic E-state index is 12.4. The molecule has 1 fully saturated rings. The van der Waals surface area contributed by atoms with Gasteiger partial charge in [-0.15, -0.1) is 0 Å². The summed E-state index contributed by atoms with van der Waals surface area (Å²) in [5.74, 6) is -0.213. The minimum absolute atomic E-state index is 0.179. The van der Waals surface area contributed by atoms with Crippen molar-refractivity contribution in [2.75, 3.05) is 19.7 Å². The van der Waals surface area contributed by atoms with Gasteiger partial charge >= 0.3 is 0 Å². The summed E-state index contributed by atoms with van der Waals surface area (Å²) < 4.78 is 5.75. The number of hydrogen-bond donors (Lipinski definition) is 1. The number of hydrogen-bond acceptors (Lipinski definition) is 5. The van der Waals surface area contributed by atoms with Gasteiger partial charge in [0.15, 0.2) is 0 Å². The highest BCUT2D eigenvalue weighted by atomic mass is 16.5. The smallest absolute Gasteiger partial charge is 0.274 e. The van der Waals surface area contributed by atoms with Crippen molar-refractivity contribution in [2.45, 2.75) is 13.0 Å². The van der Waals surface area contributed by atoms with Gasteiger partial charge in [-0.05, 0) is 30.7 Å². The third kappa shape index (κ3) is 3.04. The number of aromatic amines is 1. The molecule has 22 heavy (non-hydrogen) atoms. The first-order chi connectivity index (χ1) is 10.6. The van der Waals surface area contributed by atoms with Gasteiger partial charge in [0.1, 0.15) is 11.8 Å². The summed E-state index contributed by atoms with van der Waals surface area (Å²) in [6.07, 6.45) is 1.56. The topological polar surface area (TPSA) is 88.2 Å². The first-order valence-corrected chi connectivity index (χ1v) is 7.02. The molecule has 0 spiro atoms. The van der Waals surface area contributed by atoms with Crippen LogP contribution in [0.15, 0.2) is 35.3 Å². The molecule has 0 aliphatic carbocycles. The maximum absolute atomic E-state index is 12.4. The molecule has 0 bridgehead atoms. The highest BCUT2D eigenvalue weighted by Crippen LogP contribution is 2.23. The molecule has 1 aliphatic heterocycles. The number of aromatic nitrogens is 3. The van der Waals surface area contributed by atoms with Gasteiger partial charge in [0.05, 0.1) is 13.2 Å². The van der Waals surface area contributed by atoms with Crippen molar-refractivity contribution < 1.29 is 9.53 Å². The molecule has 114 valence electrons. The highest BCUT2D eigenvalue weighted by Gasteiger charge is 2.27. The number of pyridine rings is 1. The van der Waals surface area contributed by atoms with E-state index in [1.165, 1.54) is 12.1 Å². The average molecular weight is 300 g/mol. The van der Waals surface area contributed by atoms with E-state index in [0.29, 0.717) is 19.7 Å². The molecule has 3 rings (SSSR count). The van der Waals surface area contributed by atoms with E-state index >= 15 is 0 Å². The standard InChI is InChI=1S/C15H16N4O3/c1-10-8-11(4-5-16-10)13-9-19(6-7-22-13)15(21)12-2-3-14(20)18-17-12/h2-5,8,13H,6-7,9H2,1H3,(H,18,20). The summed E-state index contributed by atoms with van der Waals surface area (Å²) in [6.45, 7) is 3.32. The number of carbonyl (C=O) groups excluding carboxylic acids is 1. The zero-order valence-corrected chi connectivity index (χ0v) is 12.2. The molecule has 0 aromatic carbocycles. The van der Waals surface area contributed by atoms with Crippen molar-refractivity contribution in [1.82, 2.24) is 20.1 Å². The molecule has 2 aromatic rings. The zero-order valence-electron chi connectivity index (χ0n) is 12.2. The molecule has 7 heteroatoms. The van der Waals surface area contributed by atoms with Crippen LogP contribution in [0.25, 0.3) is 0 Å². The van der Waals surface area contributed by atoms with Crippen molar-refractivity contribution in [2.24, 2.45) is 0 Å². The number of aryl methyl sites for hydroxylation is 1. The predicted octanol–water partition coefficient (Wildman–Crippen LogP) is 0.687. The van der Waals surface area contributed by atoms with Crippen molar-refractivity contribution in [3.63, 3.8) is 0 Å². The molecule has 1 saturated heterocycles. The fraction of sp³-hybridized carbons (Fsp3) is 0.333. The van der Waals surface area contributed by atoms with Gasteiger partial charge in [-0.1, -0.05) is 0 Å². The maximum Gasteiger partial charge on any atom is 0.274 e. The minimum atomic E-state index is -0.330. The van der Waals surface area contributed by atoms with Crippen LogP contribution in [0.5, 0.6) is 0 Å². The predicted molar refractivity (Wildman–Crippen MR) is 78.4 cm³/mol. The Bertz CT molecular complexity index is 723. The zero-order chi connectivity index (χ0) is 15.5. The van der Waals surface area contributed by atoms with Crippen molar-refractivity contribution >= 4 is 5.91 Å². The summed E-state index contributed by atoms with van der Waals surface area (Å²) >= 11 is 0. The lowest BCUT2D eigenvalue weighted by Crippen LogP contribution is -2.42. The average Bonchev–Trinajstić information content (AvgIpc) is 2.55. The molecular weight excluding hydrogens is 284 g/mol. The van der Waals surface area contributed by atoms with E-state index in [-0.39, 0.29) is 23.3 Å². The number of H-pyrrole nitrogens is 1. The van der Waals surface area contributed by atoms with Crippen LogP contribution in [0.4, 0.5) is 0 Å². The van der Waals surface area contributed by atoms with Crippen LogP contribution in [0, 0.1) is 6.92 Å². The van der Waals surface area contributed by atoms with Crippen molar-refractivity contribution in [3.8, 4) is 0 Å². The molecule has 1 unspecified atom stereocenters. The van der Waals surface area contributed by atoms with Crippen molar-refractivity contribution in [3.05, 3.63) is 57.8 Å². The van der Waals surface area contributed by atoms with Gasteiger partial charge in [-0.3, -0.25) is 14.6 Å². The van der Waals surface area contributed by atoms with Crippen LogP contribution in [-0.4, -0.2) is 45.7 Å². The van der Waals surface area contributed by atoms with E-state index in [1.54, 1.807) is 11.1 Å². The second-order valence-corrected chi connectivity index (χ2v) is 5.15. The normalized spacial score (nSPS) is 18.2. The Kier molecular flexibility index (Phi) is 3.97. The van der Waals surface area contributed by atoms with Gasteiger partial charge < -0.3 is 9.64 Å². The number of carbonyl (C=O) groups is 1. The second-order valence-electron chi connectivity index (χ2n) is 5.15. The molecule has 2 aromatic heterocycles. The Hall–Kier alpha value is -2.54. The highest BCUT2D eigenvalue weighted by molar-refractivity contribution is 5.92. The molecule has 3 heterocycles. The van der Waals surface area contributed by atoms with Crippen LogP contribution in [0.1, 0.15) is 27.8 Å². The number of rotatable bonds is 2. The van der Waals surface area contributed by atoms with Crippen LogP contribution >= 0.6 is 0 Å². The van der Waals surface area contributed by atoms with Gasteiger partial charge in [0, 0.05) is 24.5 Å². The molecule has 1 amide bonds. The third-order valence-electron chi connectivity index (χ3n) is 3.54. The Labute approximate surface area is 126 Å². The van der Waals surface area contributed by atoms with Crippen LogP contribution in [-0.2, 0) is 4.74 Å². The number of amides is 1. The Morgan fingerprint density at radius 1 is 1.41 bits per heavy atom. The lowest BCUT2D eigenvalue weighted by molar-refractivity contribution is -0.0231. The number of nitrogens with one attached hydrogen (secondary N) is 1. The first-order valence-electron chi connectivity index (χ1n) is 7.02. The van der Waals surface area contributed by atoms with E-state index in [2.05, 4.69) is 15.2 Å². The van der Waals surface area contributed by atoms with Gasteiger partial charge in [0.25, 0.3) is 11.5 Å². The Balaban J connectivity index is 1.76. The summed E-state index contributed by atoms with van der Waals surface area (Å²) in [6, 6.07) is 6.58. The second kappa shape index (κ2) is 6.07. The molecule has 1 N–H and O–H groups in total. The van der Waals surface area contributed by atoms with Gasteiger partial charge in [0.2, 0.25) is 0 Å². The first kappa shape index (κ1) is 14.4. The van der Waals surface area contributed by atoms with Crippen LogP contribution in [0.3, 0.4) is 0 Å². The number of ether oxygens (including phenoxy) is 1. The molecule has 1 atom stereocenters. The summed E-state index contributed by atoms with van der Waals surface area (Å²) in [5, 5.41) is 6.06. The van der Waals surface area contributed by atoms with Crippen LogP contribution in [0.2, 0.25) is 0 Å². The van der Waals surface area contributed by atoms with E-state index in [9.17, 15) is 9.59 Å². The summed E-state index contributed by atoms with van der Waals surface area (Å²) in [4.78, 5) is 29.3. The summed E-state index contributed by atoms with van der Waals surface area (Å²) in [7, 11) is 0. The van der Waals surface area contributed by atoms with E-state index < -0.39 is 0 Å².